The predicted molar refractivity (Wildman–Crippen MR) is 291 cm³/mol. The van der Waals surface area contributed by atoms with Crippen molar-refractivity contribution in [3.8, 4) is 73.6 Å². The normalized spacial score (nSPS) is 12.0. The fourth-order valence-corrected chi connectivity index (χ4v) is 11.1. The van der Waals surface area contributed by atoms with Crippen LogP contribution < -0.4 is 0 Å². The maximum Gasteiger partial charge on any atom is 0.164 e. The maximum absolute atomic E-state index is 10.1. The minimum atomic E-state index is 0.568. The zero-order valence-electron chi connectivity index (χ0n) is 38.2. The van der Waals surface area contributed by atoms with Gasteiger partial charge in [0, 0.05) is 54.9 Å². The fraction of sp³-hybridized carbons (Fsp3) is 0.0156. The summed E-state index contributed by atoms with van der Waals surface area (Å²) in [5, 5.41) is 22.8. The molecule has 10 aromatic carbocycles. The van der Waals surface area contributed by atoms with Crippen LogP contribution in [-0.4, -0.2) is 29.9 Å². The Morgan fingerprint density at radius 2 is 0.718 bits per heavy atom. The van der Waals surface area contributed by atoms with E-state index in [0.717, 1.165) is 137 Å². The van der Waals surface area contributed by atoms with Crippen LogP contribution in [0.15, 0.2) is 194 Å². The van der Waals surface area contributed by atoms with E-state index in [2.05, 4.69) is 193 Å². The summed E-state index contributed by atoms with van der Waals surface area (Å²) in [4.78, 5) is 30.3. The highest BCUT2D eigenvalue weighted by Gasteiger charge is 2.28. The molecule has 0 fully saturated rings. The van der Waals surface area contributed by atoms with Crippen LogP contribution in [0, 0.1) is 18.3 Å². The molecule has 0 saturated heterocycles. The molecule has 0 amide bonds. The van der Waals surface area contributed by atoms with Gasteiger partial charge in [-0.05, 0) is 122 Å². The maximum atomic E-state index is 10.1. The van der Waals surface area contributed by atoms with Gasteiger partial charge in [-0.15, -0.1) is 0 Å². The van der Waals surface area contributed by atoms with Gasteiger partial charge >= 0.3 is 0 Å². The summed E-state index contributed by atoms with van der Waals surface area (Å²) in [6.07, 6.45) is 0. The van der Waals surface area contributed by atoms with Gasteiger partial charge in [0.15, 0.2) is 11.6 Å². The summed E-state index contributed by atoms with van der Waals surface area (Å²) >= 11 is 0. The molecule has 7 heteroatoms. The molecule has 2 aliphatic heterocycles. The van der Waals surface area contributed by atoms with Crippen molar-refractivity contribution >= 4 is 87.0 Å². The third-order valence-corrected chi connectivity index (χ3v) is 14.6. The van der Waals surface area contributed by atoms with Gasteiger partial charge in [0.1, 0.15) is 11.3 Å². The number of fused-ring (bicyclic) bond motifs is 24. The van der Waals surface area contributed by atoms with Gasteiger partial charge in [0.25, 0.3) is 0 Å². The van der Waals surface area contributed by atoms with Crippen molar-refractivity contribution in [3.05, 3.63) is 205 Å². The van der Waals surface area contributed by atoms with Crippen molar-refractivity contribution in [2.45, 2.75) is 6.92 Å². The van der Waals surface area contributed by atoms with Gasteiger partial charge in [-0.1, -0.05) is 139 Å². The van der Waals surface area contributed by atoms with E-state index < -0.39 is 0 Å². The van der Waals surface area contributed by atoms with Crippen LogP contribution in [0.2, 0.25) is 0 Å². The summed E-state index contributed by atoms with van der Waals surface area (Å²) in [5.74, 6) is 1.15. The Morgan fingerprint density at radius 3 is 1.11 bits per heavy atom. The lowest BCUT2D eigenvalue weighted by Gasteiger charge is -2.10. The fourth-order valence-electron chi connectivity index (χ4n) is 11.1. The van der Waals surface area contributed by atoms with Crippen LogP contribution in [0.3, 0.4) is 0 Å². The van der Waals surface area contributed by atoms with Crippen molar-refractivity contribution < 1.29 is 0 Å². The van der Waals surface area contributed by atoms with Crippen molar-refractivity contribution in [1.82, 2.24) is 29.9 Å². The summed E-state index contributed by atoms with van der Waals surface area (Å²) < 4.78 is 0. The van der Waals surface area contributed by atoms with E-state index in [0.29, 0.717) is 28.5 Å². The van der Waals surface area contributed by atoms with Crippen LogP contribution in [0.25, 0.3) is 155 Å². The number of hydrogen-bond donors (Lipinski definition) is 2. The minimum absolute atomic E-state index is 0.568. The Morgan fingerprint density at radius 1 is 0.366 bits per heavy atom. The number of nitrogens with zero attached hydrogens (tertiary/aromatic N) is 5. The second kappa shape index (κ2) is 14.9. The second-order valence-electron chi connectivity index (χ2n) is 18.8. The summed E-state index contributed by atoms with van der Waals surface area (Å²) in [6.45, 7) is 2.12. The Kier molecular flexibility index (Phi) is 8.22. The Hall–Kier alpha value is -9.77. The first-order chi connectivity index (χ1) is 35.0. The smallest absolute Gasteiger partial charge is 0.164 e. The molecule has 0 unspecified atom stereocenters. The molecular formula is C64H37N7. The summed E-state index contributed by atoms with van der Waals surface area (Å²) in [5.41, 5.74) is 14.1. The zero-order valence-corrected chi connectivity index (χ0v) is 38.2. The highest BCUT2D eigenvalue weighted by Crippen LogP contribution is 2.50. The first-order valence-corrected chi connectivity index (χ1v) is 23.8. The molecule has 0 saturated carbocycles. The molecule has 8 bridgehead atoms. The summed E-state index contributed by atoms with van der Waals surface area (Å²) in [6, 6.07) is 70.9. The molecule has 71 heavy (non-hydrogen) atoms. The van der Waals surface area contributed by atoms with Crippen LogP contribution >= 0.6 is 0 Å². The molecule has 13 aromatic rings. The van der Waals surface area contributed by atoms with E-state index in [1.165, 1.54) is 0 Å². The highest BCUT2D eigenvalue weighted by molar-refractivity contribution is 6.20. The van der Waals surface area contributed by atoms with Gasteiger partial charge in [-0.2, -0.15) is 5.26 Å². The first-order valence-electron chi connectivity index (χ1n) is 23.8. The van der Waals surface area contributed by atoms with Crippen molar-refractivity contribution in [3.63, 3.8) is 0 Å². The molecule has 5 heterocycles. The average Bonchev–Trinajstić information content (AvgIpc) is 4.15. The van der Waals surface area contributed by atoms with Crippen LogP contribution in [0.5, 0.6) is 0 Å². The van der Waals surface area contributed by atoms with E-state index in [9.17, 15) is 5.26 Å². The summed E-state index contributed by atoms with van der Waals surface area (Å²) in [7, 11) is 0. The third-order valence-electron chi connectivity index (χ3n) is 14.6. The van der Waals surface area contributed by atoms with Gasteiger partial charge < -0.3 is 9.97 Å². The number of H-pyrrole nitrogens is 2. The highest BCUT2D eigenvalue weighted by atomic mass is 15.0. The van der Waals surface area contributed by atoms with E-state index >= 15 is 0 Å². The average molecular weight is 904 g/mol. The lowest BCUT2D eigenvalue weighted by molar-refractivity contribution is 1.22. The Bertz CT molecular complexity index is 4710. The lowest BCUT2D eigenvalue weighted by atomic mass is 9.91. The van der Waals surface area contributed by atoms with Crippen molar-refractivity contribution in [2.24, 2.45) is 0 Å². The quantitative estimate of drug-likeness (QED) is 0.180. The van der Waals surface area contributed by atoms with Crippen LogP contribution in [0.1, 0.15) is 11.1 Å². The Balaban J connectivity index is 1.24. The van der Waals surface area contributed by atoms with Crippen molar-refractivity contribution in [2.75, 3.05) is 0 Å². The number of rotatable bonds is 2. The van der Waals surface area contributed by atoms with E-state index in [-0.39, 0.29) is 0 Å². The van der Waals surface area contributed by atoms with E-state index in [1.807, 2.05) is 24.3 Å². The number of aromatic amines is 2. The largest absolute Gasteiger partial charge is 0.339 e. The van der Waals surface area contributed by atoms with Gasteiger partial charge in [-0.3, -0.25) is 0 Å². The molecule has 0 atom stereocenters. The third kappa shape index (κ3) is 6.02. The van der Waals surface area contributed by atoms with Crippen LogP contribution in [-0.2, 0) is 0 Å². The van der Waals surface area contributed by atoms with Gasteiger partial charge in [-0.25, -0.2) is 19.9 Å². The standard InChI is InChI=1S/C64H37N7/c1-35-18-22-37(23-19-35)55-57-47-26-39-10-2-3-11-40(39)27-48(47)58(66-57)56(38-24-20-36(34-65)21-25-38)60-50-29-42-13-5-7-15-44(42)31-52(50)62(68-60)70-64-54-33-46-17-9-8-16-45(46)32-53(54)63(71-64)69-61-51-30-43-14-6-4-12-41(43)28-49(51)59(55)67-61/h2-33H,1H3,(H2,67,68,69,70,71). The number of nitrogens with one attached hydrogen (secondary N) is 2. The van der Waals surface area contributed by atoms with Crippen LogP contribution in [0.4, 0.5) is 0 Å². The first kappa shape index (κ1) is 39.2. The van der Waals surface area contributed by atoms with Gasteiger partial charge in [0.05, 0.1) is 34.1 Å². The molecule has 2 N–H and O–H groups in total. The monoisotopic (exact) mass is 903 g/mol. The lowest BCUT2D eigenvalue weighted by Crippen LogP contribution is -1.87. The predicted octanol–water partition coefficient (Wildman–Crippen LogP) is 16.2. The van der Waals surface area contributed by atoms with E-state index in [4.69, 9.17) is 19.9 Å². The topological polar surface area (TPSA) is 107 Å². The molecule has 3 aromatic heterocycles. The molecule has 7 nitrogen and oxygen atoms in total. The molecule has 328 valence electrons. The SMILES string of the molecule is Cc1ccc(-c2c3nc(c(-c4ccc(C#N)cc4)c4[nH]c(nc5nc(nc6[nH]c2c2cc7ccccc7cc62)-c2cc6ccccc6cc2-5)c2cc5ccccc5cc42)-c2cc4ccccc4cc2-3)cc1. The minimum Gasteiger partial charge on any atom is -0.339 e. The number of benzene rings is 10. The second-order valence-corrected chi connectivity index (χ2v) is 18.8. The molecular weight excluding hydrogens is 867 g/mol. The van der Waals surface area contributed by atoms with Crippen molar-refractivity contribution in [1.29, 1.82) is 5.26 Å². The molecule has 0 aliphatic carbocycles. The Labute approximate surface area is 406 Å². The van der Waals surface area contributed by atoms with E-state index in [1.54, 1.807) is 0 Å². The van der Waals surface area contributed by atoms with Gasteiger partial charge in [0.2, 0.25) is 0 Å². The number of hydrogen-bond acceptors (Lipinski definition) is 5. The molecule has 2 aliphatic rings. The molecule has 0 radical (unpaired) electrons. The number of aryl methyl sites for hydroxylation is 1. The number of nitriles is 1. The molecule has 15 rings (SSSR count). The molecule has 0 spiro atoms. The zero-order chi connectivity index (χ0) is 46.9. The number of aromatic nitrogens is 6.